The molecule has 116 valence electrons. The summed E-state index contributed by atoms with van der Waals surface area (Å²) in [7, 11) is 3.30. The molecule has 2 amide bonds. The van der Waals surface area contributed by atoms with Crippen molar-refractivity contribution in [2.24, 2.45) is 0 Å². The van der Waals surface area contributed by atoms with Crippen molar-refractivity contribution in [1.29, 1.82) is 0 Å². The molecule has 0 bridgehead atoms. The van der Waals surface area contributed by atoms with Crippen molar-refractivity contribution in [1.82, 2.24) is 19.8 Å². The van der Waals surface area contributed by atoms with Gasteiger partial charge >= 0.3 is 0 Å². The minimum atomic E-state index is -0.359. The number of nitrogens with zero attached hydrogens (tertiary/aromatic N) is 4. The van der Waals surface area contributed by atoms with E-state index in [0.29, 0.717) is 12.4 Å². The molecule has 1 heterocycles. The summed E-state index contributed by atoms with van der Waals surface area (Å²) in [5.41, 5.74) is 0.142. The van der Waals surface area contributed by atoms with Crippen molar-refractivity contribution in [3.8, 4) is 0 Å². The van der Waals surface area contributed by atoms with Crippen LogP contribution in [0.25, 0.3) is 0 Å². The van der Waals surface area contributed by atoms with E-state index in [4.69, 9.17) is 11.6 Å². The Morgan fingerprint density at radius 3 is 2.43 bits per heavy atom. The average molecular weight is 313 g/mol. The van der Waals surface area contributed by atoms with Gasteiger partial charge in [0.05, 0.1) is 11.2 Å². The van der Waals surface area contributed by atoms with E-state index >= 15 is 0 Å². The van der Waals surface area contributed by atoms with Crippen molar-refractivity contribution in [2.75, 3.05) is 27.2 Å². The van der Waals surface area contributed by atoms with E-state index in [1.807, 2.05) is 13.8 Å². The van der Waals surface area contributed by atoms with Gasteiger partial charge in [0.15, 0.2) is 5.69 Å². The van der Waals surface area contributed by atoms with Crippen molar-refractivity contribution in [3.63, 3.8) is 0 Å². The molecular formula is C14H21ClN4O2. The predicted molar refractivity (Wildman–Crippen MR) is 81.4 cm³/mol. The summed E-state index contributed by atoms with van der Waals surface area (Å²) in [6.07, 6.45) is 1.43. The van der Waals surface area contributed by atoms with Gasteiger partial charge in [0.1, 0.15) is 12.4 Å². The second-order valence-corrected chi connectivity index (χ2v) is 5.59. The number of amides is 2. The molecule has 0 aliphatic carbocycles. The van der Waals surface area contributed by atoms with Crippen molar-refractivity contribution in [2.45, 2.75) is 26.7 Å². The van der Waals surface area contributed by atoms with Crippen LogP contribution in [0.2, 0.25) is 5.02 Å². The Bertz CT molecular complexity index is 532. The summed E-state index contributed by atoms with van der Waals surface area (Å²) in [4.78, 5) is 35.5. The lowest BCUT2D eigenvalue weighted by Crippen LogP contribution is -2.40. The molecule has 0 spiro atoms. The number of hydrogen-bond donors (Lipinski definition) is 0. The van der Waals surface area contributed by atoms with Gasteiger partial charge in [-0.3, -0.25) is 9.59 Å². The maximum absolute atomic E-state index is 12.5. The van der Waals surface area contributed by atoms with Gasteiger partial charge in [-0.05, 0) is 6.92 Å². The van der Waals surface area contributed by atoms with Gasteiger partial charge in [-0.25, -0.2) is 9.97 Å². The zero-order valence-corrected chi connectivity index (χ0v) is 13.8. The molecule has 0 unspecified atom stereocenters. The van der Waals surface area contributed by atoms with Gasteiger partial charge in [-0.1, -0.05) is 25.4 Å². The standard InChI is InChI=1S/C14H21ClN4O2/c1-6-19(8-11(20)18(4)5)14(21)12-10(15)7-16-13(17-12)9(2)3/h7,9H,6,8H2,1-5H3. The molecule has 7 heteroatoms. The Morgan fingerprint density at radius 2 is 1.95 bits per heavy atom. The Labute approximate surface area is 130 Å². The molecule has 0 N–H and O–H groups in total. The molecule has 6 nitrogen and oxygen atoms in total. The van der Waals surface area contributed by atoms with Crippen LogP contribution in [-0.4, -0.2) is 58.8 Å². The quantitative estimate of drug-likeness (QED) is 0.831. The maximum Gasteiger partial charge on any atom is 0.274 e. The molecule has 1 aromatic heterocycles. The highest BCUT2D eigenvalue weighted by atomic mass is 35.5. The summed E-state index contributed by atoms with van der Waals surface area (Å²) < 4.78 is 0. The van der Waals surface area contributed by atoms with Crippen LogP contribution >= 0.6 is 11.6 Å². The first kappa shape index (κ1) is 17.4. The van der Waals surface area contributed by atoms with E-state index in [1.165, 1.54) is 16.0 Å². The summed E-state index contributed by atoms with van der Waals surface area (Å²) in [5.74, 6) is 0.131. The van der Waals surface area contributed by atoms with Crippen LogP contribution in [0.1, 0.15) is 43.0 Å². The molecule has 0 radical (unpaired) electrons. The van der Waals surface area contributed by atoms with E-state index in [-0.39, 0.29) is 35.0 Å². The van der Waals surface area contributed by atoms with E-state index in [1.54, 1.807) is 21.0 Å². The third-order valence-electron chi connectivity index (χ3n) is 2.98. The smallest absolute Gasteiger partial charge is 0.274 e. The summed E-state index contributed by atoms with van der Waals surface area (Å²) >= 11 is 6.03. The van der Waals surface area contributed by atoms with Crippen LogP contribution in [0.15, 0.2) is 6.20 Å². The largest absolute Gasteiger partial charge is 0.347 e. The van der Waals surface area contributed by atoms with E-state index in [9.17, 15) is 9.59 Å². The molecular weight excluding hydrogens is 292 g/mol. The minimum absolute atomic E-state index is 0.000320. The third-order valence-corrected chi connectivity index (χ3v) is 3.25. The number of halogens is 1. The van der Waals surface area contributed by atoms with E-state index in [2.05, 4.69) is 9.97 Å². The molecule has 1 aromatic rings. The molecule has 0 saturated heterocycles. The van der Waals surface area contributed by atoms with Crippen molar-refractivity contribution in [3.05, 3.63) is 22.7 Å². The molecule has 0 fully saturated rings. The second kappa shape index (κ2) is 7.36. The van der Waals surface area contributed by atoms with Gasteiger partial charge in [0, 0.05) is 26.6 Å². The normalized spacial score (nSPS) is 10.6. The lowest BCUT2D eigenvalue weighted by Gasteiger charge is -2.22. The lowest BCUT2D eigenvalue weighted by molar-refractivity contribution is -0.129. The Balaban J connectivity index is 3.04. The maximum atomic E-state index is 12.5. The molecule has 0 saturated carbocycles. The molecule has 1 rings (SSSR count). The number of hydrogen-bond acceptors (Lipinski definition) is 4. The first-order valence-corrected chi connectivity index (χ1v) is 7.17. The number of rotatable bonds is 5. The van der Waals surface area contributed by atoms with Gasteiger partial charge in [0.25, 0.3) is 5.91 Å². The molecule has 0 atom stereocenters. The van der Waals surface area contributed by atoms with Crippen molar-refractivity contribution >= 4 is 23.4 Å². The first-order chi connectivity index (χ1) is 9.77. The van der Waals surface area contributed by atoms with Gasteiger partial charge in [-0.2, -0.15) is 0 Å². The number of carbonyl (C=O) groups excluding carboxylic acids is 2. The average Bonchev–Trinajstić information content (AvgIpc) is 2.43. The molecule has 0 aliphatic heterocycles. The topological polar surface area (TPSA) is 66.4 Å². The summed E-state index contributed by atoms with van der Waals surface area (Å²) in [6, 6.07) is 0. The molecule has 0 aliphatic rings. The van der Waals surface area contributed by atoms with E-state index < -0.39 is 0 Å². The van der Waals surface area contributed by atoms with Crippen LogP contribution in [0.3, 0.4) is 0 Å². The zero-order valence-electron chi connectivity index (χ0n) is 13.1. The minimum Gasteiger partial charge on any atom is -0.347 e. The highest BCUT2D eigenvalue weighted by Gasteiger charge is 2.23. The van der Waals surface area contributed by atoms with Gasteiger partial charge in [0.2, 0.25) is 5.91 Å². The summed E-state index contributed by atoms with van der Waals surface area (Å²) in [6.45, 7) is 6.07. The fraction of sp³-hybridized carbons (Fsp3) is 0.571. The third kappa shape index (κ3) is 4.39. The van der Waals surface area contributed by atoms with Crippen molar-refractivity contribution < 1.29 is 9.59 Å². The highest BCUT2D eigenvalue weighted by Crippen LogP contribution is 2.18. The van der Waals surface area contributed by atoms with Gasteiger partial charge in [-0.15, -0.1) is 0 Å². The first-order valence-electron chi connectivity index (χ1n) is 6.79. The second-order valence-electron chi connectivity index (χ2n) is 5.19. The molecule has 21 heavy (non-hydrogen) atoms. The monoisotopic (exact) mass is 312 g/mol. The summed E-state index contributed by atoms with van der Waals surface area (Å²) in [5, 5.41) is 0.195. The Morgan fingerprint density at radius 1 is 1.33 bits per heavy atom. The highest BCUT2D eigenvalue weighted by molar-refractivity contribution is 6.33. The Kier molecular flexibility index (Phi) is 6.08. The van der Waals surface area contributed by atoms with Gasteiger partial charge < -0.3 is 9.80 Å². The van der Waals surface area contributed by atoms with Crippen LogP contribution in [0.5, 0.6) is 0 Å². The number of carbonyl (C=O) groups is 2. The predicted octanol–water partition coefficient (Wildman–Crippen LogP) is 1.80. The van der Waals surface area contributed by atoms with Crippen LogP contribution in [-0.2, 0) is 4.79 Å². The number of likely N-dealkylation sites (N-methyl/N-ethyl adjacent to an activating group) is 2. The van der Waals surface area contributed by atoms with Crippen LogP contribution in [0, 0.1) is 0 Å². The van der Waals surface area contributed by atoms with Crippen LogP contribution in [0.4, 0.5) is 0 Å². The van der Waals surface area contributed by atoms with Crippen LogP contribution < -0.4 is 0 Å². The lowest BCUT2D eigenvalue weighted by atomic mass is 10.2. The SMILES string of the molecule is CCN(CC(=O)N(C)C)C(=O)c1nc(C(C)C)ncc1Cl. The number of aromatic nitrogens is 2. The zero-order chi connectivity index (χ0) is 16.2. The fourth-order valence-corrected chi connectivity index (χ4v) is 1.76. The Hall–Kier alpha value is -1.69. The molecule has 0 aromatic carbocycles. The van der Waals surface area contributed by atoms with E-state index in [0.717, 1.165) is 0 Å². The fourth-order valence-electron chi connectivity index (χ4n) is 1.59.